The van der Waals surface area contributed by atoms with Crippen LogP contribution in [0.15, 0.2) is 54.6 Å². The Kier molecular flexibility index (Phi) is 10.5. The third-order valence-corrected chi connectivity index (χ3v) is 4.65. The maximum absolute atomic E-state index is 12.3. The van der Waals surface area contributed by atoms with Gasteiger partial charge in [-0.15, -0.1) is 0 Å². The molecule has 3 aromatic carbocycles. The number of aryl methyl sites for hydroxylation is 2. The van der Waals surface area contributed by atoms with E-state index in [0.717, 1.165) is 24.3 Å². The first-order valence-corrected chi connectivity index (χ1v) is 10.4. The second kappa shape index (κ2) is 12.5. The summed E-state index contributed by atoms with van der Waals surface area (Å²) in [6.45, 7) is 3.04. The van der Waals surface area contributed by atoms with E-state index < -0.39 is 62.2 Å². The van der Waals surface area contributed by atoms with E-state index in [-0.39, 0.29) is 5.69 Å². The third kappa shape index (κ3) is 9.63. The van der Waals surface area contributed by atoms with Gasteiger partial charge in [0.2, 0.25) is 0 Å². The summed E-state index contributed by atoms with van der Waals surface area (Å²) in [6, 6.07) is 8.49. The fourth-order valence-corrected chi connectivity index (χ4v) is 2.86. The van der Waals surface area contributed by atoms with Crippen LogP contribution in [0.2, 0.25) is 0 Å². The molecular formula is C23H18F9N3O5. The Morgan fingerprint density at radius 3 is 1.35 bits per heavy atom. The van der Waals surface area contributed by atoms with Crippen molar-refractivity contribution in [1.29, 1.82) is 0 Å². The number of nitrogen functional groups attached to an aromatic ring is 1. The van der Waals surface area contributed by atoms with Crippen LogP contribution in [0.4, 0.5) is 56.6 Å². The van der Waals surface area contributed by atoms with E-state index in [1.54, 1.807) is 13.0 Å². The maximum Gasteiger partial charge on any atom is 0.423 e. The summed E-state index contributed by atoms with van der Waals surface area (Å²) < 4.78 is 110. The van der Waals surface area contributed by atoms with Gasteiger partial charge < -0.3 is 10.8 Å². The van der Waals surface area contributed by atoms with Crippen LogP contribution in [-0.4, -0.2) is 15.0 Å². The summed E-state index contributed by atoms with van der Waals surface area (Å²) in [7, 11) is 0. The van der Waals surface area contributed by atoms with Gasteiger partial charge in [-0.05, 0) is 44.2 Å². The average Bonchev–Trinajstić information content (AvgIpc) is 2.79. The van der Waals surface area contributed by atoms with Gasteiger partial charge in [0.05, 0.1) is 15.4 Å². The largest absolute Gasteiger partial charge is 0.508 e. The summed E-state index contributed by atoms with van der Waals surface area (Å²) in [6.07, 6.45) is -13.9. The molecule has 0 unspecified atom stereocenters. The van der Waals surface area contributed by atoms with Crippen LogP contribution >= 0.6 is 0 Å². The molecule has 0 amide bonds. The lowest BCUT2D eigenvalue weighted by atomic mass is 10.1. The molecule has 0 aromatic heterocycles. The van der Waals surface area contributed by atoms with Crippen LogP contribution < -0.4 is 5.73 Å². The summed E-state index contributed by atoms with van der Waals surface area (Å²) in [5.74, 6) is -0.664. The molecule has 0 saturated heterocycles. The van der Waals surface area contributed by atoms with Crippen molar-refractivity contribution in [2.45, 2.75) is 32.4 Å². The van der Waals surface area contributed by atoms with E-state index in [1.165, 1.54) is 19.1 Å². The molecule has 218 valence electrons. The van der Waals surface area contributed by atoms with Gasteiger partial charge in [0.25, 0.3) is 11.4 Å². The van der Waals surface area contributed by atoms with Crippen LogP contribution in [0.25, 0.3) is 0 Å². The van der Waals surface area contributed by atoms with Crippen molar-refractivity contribution < 1.29 is 54.5 Å². The molecule has 0 fully saturated rings. The Labute approximate surface area is 218 Å². The lowest BCUT2D eigenvalue weighted by Crippen LogP contribution is -2.09. The summed E-state index contributed by atoms with van der Waals surface area (Å²) >= 11 is 0. The smallest absolute Gasteiger partial charge is 0.423 e. The summed E-state index contributed by atoms with van der Waals surface area (Å²) in [4.78, 5) is 18.3. The van der Waals surface area contributed by atoms with Gasteiger partial charge in [-0.1, -0.05) is 23.3 Å². The number of phenols is 1. The molecule has 0 spiro atoms. The molecule has 0 aliphatic heterocycles. The lowest BCUT2D eigenvalue weighted by Gasteiger charge is -2.09. The zero-order valence-corrected chi connectivity index (χ0v) is 20.1. The highest BCUT2D eigenvalue weighted by Gasteiger charge is 2.39. The van der Waals surface area contributed by atoms with Crippen molar-refractivity contribution >= 4 is 17.1 Å². The molecule has 3 aromatic rings. The Morgan fingerprint density at radius 2 is 0.975 bits per heavy atom. The second-order valence-corrected chi connectivity index (χ2v) is 7.82. The van der Waals surface area contributed by atoms with Crippen LogP contribution in [0.5, 0.6) is 5.75 Å². The first-order valence-electron chi connectivity index (χ1n) is 10.4. The van der Waals surface area contributed by atoms with Crippen LogP contribution in [0.3, 0.4) is 0 Å². The minimum absolute atomic E-state index is 0.229. The quantitative estimate of drug-likeness (QED) is 0.136. The van der Waals surface area contributed by atoms with Crippen LogP contribution in [-0.2, 0) is 18.5 Å². The number of anilines is 1. The van der Waals surface area contributed by atoms with Crippen LogP contribution in [0.1, 0.15) is 27.8 Å². The molecule has 17 heteroatoms. The minimum Gasteiger partial charge on any atom is -0.508 e. The first-order chi connectivity index (χ1) is 18.1. The number of hydrogen-bond acceptors (Lipinski definition) is 6. The van der Waals surface area contributed by atoms with E-state index in [9.17, 15) is 59.7 Å². The van der Waals surface area contributed by atoms with Crippen molar-refractivity contribution in [2.24, 2.45) is 0 Å². The topological polar surface area (TPSA) is 133 Å². The molecular weight excluding hydrogens is 569 g/mol. The monoisotopic (exact) mass is 587 g/mol. The predicted octanol–water partition coefficient (Wildman–Crippen LogP) is 7.84. The standard InChI is InChI=1S/C8H6F3NO2.C8H8F3N.C7H4F3NO3/c1-5-2-3-7(12(13)14)6(4-5)8(9,10)11;1-5-2-3-7(12)6(4-5)8(9,10)11;8-7(9,10)5-3-4(12)1-2-6(5)11(13)14/h2-4H,1H3;2-4H,12H2,1H3;1-3,12H. The number of phenolic OH excluding ortho intramolecular Hbond substituents is 1. The molecule has 0 radical (unpaired) electrons. The lowest BCUT2D eigenvalue weighted by molar-refractivity contribution is -0.388. The summed E-state index contributed by atoms with van der Waals surface area (Å²) in [5, 5.41) is 29.2. The molecule has 0 atom stereocenters. The number of benzene rings is 3. The number of alkyl halides is 9. The molecule has 0 aliphatic rings. The van der Waals surface area contributed by atoms with Gasteiger partial charge >= 0.3 is 18.5 Å². The number of nitro benzene ring substituents is 2. The van der Waals surface area contributed by atoms with E-state index in [2.05, 4.69) is 0 Å². The normalized spacial score (nSPS) is 11.5. The fourth-order valence-electron chi connectivity index (χ4n) is 2.86. The van der Waals surface area contributed by atoms with E-state index in [1.807, 2.05) is 0 Å². The average molecular weight is 587 g/mol. The SMILES string of the molecule is Cc1ccc(N)c(C(F)(F)F)c1.Cc1ccc([N+](=O)[O-])c(C(F)(F)F)c1.O=[N+]([O-])c1ccc(O)cc1C(F)(F)F. The molecule has 0 heterocycles. The zero-order valence-electron chi connectivity index (χ0n) is 20.1. The molecule has 0 bridgehead atoms. The zero-order chi connectivity index (χ0) is 31.2. The Bertz CT molecular complexity index is 1300. The fraction of sp³-hybridized carbons (Fsp3) is 0.217. The van der Waals surface area contributed by atoms with Crippen molar-refractivity contribution in [3.63, 3.8) is 0 Å². The van der Waals surface area contributed by atoms with E-state index in [4.69, 9.17) is 10.8 Å². The molecule has 40 heavy (non-hydrogen) atoms. The van der Waals surface area contributed by atoms with Crippen LogP contribution in [0, 0.1) is 34.1 Å². The van der Waals surface area contributed by atoms with Gasteiger partial charge in [0.15, 0.2) is 0 Å². The summed E-state index contributed by atoms with van der Waals surface area (Å²) in [5.41, 5.74) is 0.404. The minimum atomic E-state index is -4.85. The van der Waals surface area contributed by atoms with Gasteiger partial charge in [-0.3, -0.25) is 20.2 Å². The first kappa shape index (κ1) is 33.5. The Hall–Kier alpha value is -4.57. The Morgan fingerprint density at radius 1 is 0.625 bits per heavy atom. The predicted molar refractivity (Wildman–Crippen MR) is 123 cm³/mol. The molecule has 8 nitrogen and oxygen atoms in total. The highest BCUT2D eigenvalue weighted by molar-refractivity contribution is 5.50. The van der Waals surface area contributed by atoms with Gasteiger partial charge in [-0.25, -0.2) is 0 Å². The maximum atomic E-state index is 12.3. The van der Waals surface area contributed by atoms with Crippen molar-refractivity contribution in [2.75, 3.05) is 5.73 Å². The number of nitro groups is 2. The highest BCUT2D eigenvalue weighted by Crippen LogP contribution is 2.38. The molecule has 3 N–H and O–H groups in total. The van der Waals surface area contributed by atoms with E-state index >= 15 is 0 Å². The Balaban J connectivity index is 0.000000301. The third-order valence-electron chi connectivity index (χ3n) is 4.65. The molecule has 0 aliphatic carbocycles. The van der Waals surface area contributed by atoms with E-state index in [0.29, 0.717) is 23.3 Å². The number of nitrogens with zero attached hydrogens (tertiary/aromatic N) is 2. The number of rotatable bonds is 2. The van der Waals surface area contributed by atoms with Gasteiger partial charge in [0, 0.05) is 17.8 Å². The number of hydrogen-bond donors (Lipinski definition) is 2. The van der Waals surface area contributed by atoms with Gasteiger partial charge in [-0.2, -0.15) is 39.5 Å². The number of halogens is 9. The molecule has 3 rings (SSSR count). The second-order valence-electron chi connectivity index (χ2n) is 7.82. The van der Waals surface area contributed by atoms with Crippen molar-refractivity contribution in [3.8, 4) is 5.75 Å². The number of aromatic hydroxyl groups is 1. The highest BCUT2D eigenvalue weighted by atomic mass is 19.4. The molecule has 0 saturated carbocycles. The van der Waals surface area contributed by atoms with Crippen molar-refractivity contribution in [3.05, 3.63) is 103 Å². The van der Waals surface area contributed by atoms with Gasteiger partial charge in [0.1, 0.15) is 16.9 Å². The number of nitrogens with two attached hydrogens (primary N) is 1. The van der Waals surface area contributed by atoms with Crippen molar-refractivity contribution in [1.82, 2.24) is 0 Å².